The van der Waals surface area contributed by atoms with Crippen LogP contribution in [0.4, 0.5) is 5.95 Å². The van der Waals surface area contributed by atoms with Gasteiger partial charge in [-0.1, -0.05) is 0 Å². The summed E-state index contributed by atoms with van der Waals surface area (Å²) in [5.74, 6) is 0.529. The first-order chi connectivity index (χ1) is 7.81. The number of aromatic nitrogens is 2. The molecule has 2 heterocycles. The number of piperazine rings is 1. The molecule has 86 valence electrons. The van der Waals surface area contributed by atoms with E-state index in [0.717, 1.165) is 26.2 Å². The van der Waals surface area contributed by atoms with E-state index in [9.17, 15) is 4.79 Å². The molecule has 1 aliphatic heterocycles. The highest BCUT2D eigenvalue weighted by Gasteiger charge is 2.13. The Morgan fingerprint density at radius 3 is 2.56 bits per heavy atom. The van der Waals surface area contributed by atoms with Crippen LogP contribution in [0.25, 0.3) is 0 Å². The standard InChI is InChI=1S/C10H15N5O/c1-11-9(16)8-6-13-10(14-7-8)15-4-2-12-3-5-15/h6-7,12H,2-5H2,1H3,(H,11,16). The van der Waals surface area contributed by atoms with Gasteiger partial charge in [-0.05, 0) is 0 Å². The number of carbonyl (C=O) groups is 1. The molecule has 0 atom stereocenters. The molecule has 0 aliphatic carbocycles. The number of hydrogen-bond acceptors (Lipinski definition) is 5. The van der Waals surface area contributed by atoms with Crippen LogP contribution < -0.4 is 15.5 Å². The zero-order chi connectivity index (χ0) is 11.4. The minimum atomic E-state index is -0.160. The largest absolute Gasteiger partial charge is 0.355 e. The molecular weight excluding hydrogens is 206 g/mol. The Bertz CT molecular complexity index is 358. The van der Waals surface area contributed by atoms with E-state index in [-0.39, 0.29) is 5.91 Å². The summed E-state index contributed by atoms with van der Waals surface area (Å²) in [5.41, 5.74) is 0.487. The molecule has 6 heteroatoms. The molecule has 0 unspecified atom stereocenters. The number of rotatable bonds is 2. The summed E-state index contributed by atoms with van der Waals surface area (Å²) in [4.78, 5) is 21.8. The third-order valence-corrected chi connectivity index (χ3v) is 2.53. The van der Waals surface area contributed by atoms with Crippen LogP contribution in [-0.4, -0.2) is 49.1 Å². The van der Waals surface area contributed by atoms with Crippen molar-refractivity contribution in [3.8, 4) is 0 Å². The fraction of sp³-hybridized carbons (Fsp3) is 0.500. The summed E-state index contributed by atoms with van der Waals surface area (Å²) in [6, 6.07) is 0. The fourth-order valence-corrected chi connectivity index (χ4v) is 1.61. The van der Waals surface area contributed by atoms with E-state index in [0.29, 0.717) is 11.5 Å². The second kappa shape index (κ2) is 4.89. The van der Waals surface area contributed by atoms with Crippen LogP contribution in [0.5, 0.6) is 0 Å². The zero-order valence-electron chi connectivity index (χ0n) is 9.23. The number of nitrogens with one attached hydrogen (secondary N) is 2. The zero-order valence-corrected chi connectivity index (χ0v) is 9.23. The van der Waals surface area contributed by atoms with Crippen molar-refractivity contribution >= 4 is 11.9 Å². The number of hydrogen-bond donors (Lipinski definition) is 2. The lowest BCUT2D eigenvalue weighted by Gasteiger charge is -2.27. The second-order valence-electron chi connectivity index (χ2n) is 3.59. The molecule has 1 fully saturated rings. The number of anilines is 1. The van der Waals surface area contributed by atoms with Gasteiger partial charge in [-0.3, -0.25) is 4.79 Å². The van der Waals surface area contributed by atoms with Gasteiger partial charge in [0.25, 0.3) is 5.91 Å². The highest BCUT2D eigenvalue weighted by atomic mass is 16.1. The molecule has 1 amide bonds. The Morgan fingerprint density at radius 1 is 1.38 bits per heavy atom. The Labute approximate surface area is 94.1 Å². The van der Waals surface area contributed by atoms with E-state index in [1.54, 1.807) is 19.4 Å². The first-order valence-corrected chi connectivity index (χ1v) is 5.31. The van der Waals surface area contributed by atoms with Gasteiger partial charge in [0.05, 0.1) is 5.56 Å². The molecule has 6 nitrogen and oxygen atoms in total. The Hall–Kier alpha value is -1.69. The summed E-state index contributed by atoms with van der Waals surface area (Å²) >= 11 is 0. The number of carbonyl (C=O) groups excluding carboxylic acids is 1. The van der Waals surface area contributed by atoms with Gasteiger partial charge in [-0.2, -0.15) is 0 Å². The molecule has 0 aromatic carbocycles. The fourth-order valence-electron chi connectivity index (χ4n) is 1.61. The van der Waals surface area contributed by atoms with Gasteiger partial charge in [-0.15, -0.1) is 0 Å². The topological polar surface area (TPSA) is 70.2 Å². The van der Waals surface area contributed by atoms with Crippen LogP contribution in [0.1, 0.15) is 10.4 Å². The maximum absolute atomic E-state index is 11.3. The van der Waals surface area contributed by atoms with Gasteiger partial charge in [0.2, 0.25) is 5.95 Å². The van der Waals surface area contributed by atoms with Crippen molar-refractivity contribution in [1.29, 1.82) is 0 Å². The number of amides is 1. The average Bonchev–Trinajstić information content (AvgIpc) is 2.39. The molecule has 0 spiro atoms. The van der Waals surface area contributed by atoms with Crippen molar-refractivity contribution in [2.45, 2.75) is 0 Å². The van der Waals surface area contributed by atoms with E-state index in [4.69, 9.17) is 0 Å². The lowest BCUT2D eigenvalue weighted by atomic mass is 10.3. The van der Waals surface area contributed by atoms with Gasteiger partial charge in [0.1, 0.15) is 0 Å². The molecule has 1 aromatic rings. The lowest BCUT2D eigenvalue weighted by molar-refractivity contribution is 0.0962. The van der Waals surface area contributed by atoms with Crippen LogP contribution in [0.3, 0.4) is 0 Å². The van der Waals surface area contributed by atoms with E-state index >= 15 is 0 Å². The molecule has 2 N–H and O–H groups in total. The average molecular weight is 221 g/mol. The highest BCUT2D eigenvalue weighted by molar-refractivity contribution is 5.93. The molecule has 1 saturated heterocycles. The normalized spacial score (nSPS) is 15.9. The smallest absolute Gasteiger partial charge is 0.254 e. The molecule has 1 aromatic heterocycles. The third kappa shape index (κ3) is 2.27. The molecule has 2 rings (SSSR count). The summed E-state index contributed by atoms with van der Waals surface area (Å²) in [6.45, 7) is 3.69. The summed E-state index contributed by atoms with van der Waals surface area (Å²) in [6.07, 6.45) is 3.12. The molecule has 0 radical (unpaired) electrons. The monoisotopic (exact) mass is 221 g/mol. The maximum atomic E-state index is 11.3. The van der Waals surface area contributed by atoms with Crippen LogP contribution in [0.2, 0.25) is 0 Å². The first-order valence-electron chi connectivity index (χ1n) is 5.31. The quantitative estimate of drug-likeness (QED) is 0.687. The van der Waals surface area contributed by atoms with E-state index in [2.05, 4.69) is 25.5 Å². The Morgan fingerprint density at radius 2 is 2.00 bits per heavy atom. The lowest BCUT2D eigenvalue weighted by Crippen LogP contribution is -2.44. The molecular formula is C10H15N5O. The van der Waals surface area contributed by atoms with E-state index in [1.165, 1.54) is 0 Å². The van der Waals surface area contributed by atoms with Crippen molar-refractivity contribution < 1.29 is 4.79 Å². The predicted octanol–water partition coefficient (Wildman–Crippen LogP) is -0.754. The van der Waals surface area contributed by atoms with Gasteiger partial charge in [-0.25, -0.2) is 9.97 Å². The van der Waals surface area contributed by atoms with Crippen LogP contribution in [0.15, 0.2) is 12.4 Å². The van der Waals surface area contributed by atoms with E-state index < -0.39 is 0 Å². The Kier molecular flexibility index (Phi) is 3.31. The maximum Gasteiger partial charge on any atom is 0.254 e. The van der Waals surface area contributed by atoms with Gasteiger partial charge in [0, 0.05) is 45.6 Å². The predicted molar refractivity (Wildman–Crippen MR) is 60.5 cm³/mol. The van der Waals surface area contributed by atoms with E-state index in [1.807, 2.05) is 0 Å². The van der Waals surface area contributed by atoms with Crippen molar-refractivity contribution in [3.05, 3.63) is 18.0 Å². The van der Waals surface area contributed by atoms with Gasteiger partial charge in [0.15, 0.2) is 0 Å². The van der Waals surface area contributed by atoms with Crippen LogP contribution in [-0.2, 0) is 0 Å². The van der Waals surface area contributed by atoms with Crippen molar-refractivity contribution in [3.63, 3.8) is 0 Å². The van der Waals surface area contributed by atoms with Gasteiger partial charge >= 0.3 is 0 Å². The molecule has 0 bridgehead atoms. The van der Waals surface area contributed by atoms with Crippen molar-refractivity contribution in [2.75, 3.05) is 38.1 Å². The SMILES string of the molecule is CNC(=O)c1cnc(N2CCNCC2)nc1. The molecule has 0 saturated carbocycles. The second-order valence-corrected chi connectivity index (χ2v) is 3.59. The van der Waals surface area contributed by atoms with Crippen LogP contribution >= 0.6 is 0 Å². The summed E-state index contributed by atoms with van der Waals surface area (Å²) in [5, 5.41) is 5.80. The third-order valence-electron chi connectivity index (χ3n) is 2.53. The minimum absolute atomic E-state index is 0.160. The van der Waals surface area contributed by atoms with Crippen LogP contribution in [0, 0.1) is 0 Å². The van der Waals surface area contributed by atoms with Gasteiger partial charge < -0.3 is 15.5 Å². The minimum Gasteiger partial charge on any atom is -0.355 e. The van der Waals surface area contributed by atoms with Crippen molar-refractivity contribution in [1.82, 2.24) is 20.6 Å². The Balaban J connectivity index is 2.09. The summed E-state index contributed by atoms with van der Waals surface area (Å²) in [7, 11) is 1.59. The first kappa shape index (κ1) is 10.8. The highest BCUT2D eigenvalue weighted by Crippen LogP contribution is 2.07. The summed E-state index contributed by atoms with van der Waals surface area (Å²) < 4.78 is 0. The number of nitrogens with zero attached hydrogens (tertiary/aromatic N) is 3. The van der Waals surface area contributed by atoms with Crippen molar-refractivity contribution in [2.24, 2.45) is 0 Å². The molecule has 1 aliphatic rings. The molecule has 16 heavy (non-hydrogen) atoms.